The number of fused-ring (bicyclic) bond motifs is 1. The highest BCUT2D eigenvalue weighted by atomic mass is 35.5. The third-order valence-corrected chi connectivity index (χ3v) is 6.17. The first-order valence-electron chi connectivity index (χ1n) is 11.2. The van der Waals surface area contributed by atoms with Crippen LogP contribution < -0.4 is 14.8 Å². The van der Waals surface area contributed by atoms with Gasteiger partial charge >= 0.3 is 5.97 Å². The standard InChI is InChI=1S/C29H20Cl2N2O4/c1-2-36-26-16-18(15-20(17-32)28(34)33-24-12-6-11-23(30)27(24)31)13-14-25(26)37-29(35)22-10-5-8-19-7-3-4-9-21(19)22/h3-16H,2H2,1H3,(H,33,34)/b20-15+. The molecule has 0 atom stereocenters. The monoisotopic (exact) mass is 530 g/mol. The summed E-state index contributed by atoms with van der Waals surface area (Å²) in [6, 6.07) is 24.4. The van der Waals surface area contributed by atoms with Crippen LogP contribution in [0.1, 0.15) is 22.8 Å². The van der Waals surface area contributed by atoms with Crippen LogP contribution in [0.3, 0.4) is 0 Å². The average molecular weight is 531 g/mol. The van der Waals surface area contributed by atoms with Crippen molar-refractivity contribution in [2.45, 2.75) is 6.92 Å². The Hall–Kier alpha value is -4.31. The average Bonchev–Trinajstić information content (AvgIpc) is 2.91. The molecule has 0 fully saturated rings. The number of nitrogens with one attached hydrogen (secondary N) is 1. The number of ether oxygens (including phenoxy) is 2. The Kier molecular flexibility index (Phi) is 8.09. The third kappa shape index (κ3) is 5.92. The summed E-state index contributed by atoms with van der Waals surface area (Å²) in [6.07, 6.45) is 1.40. The van der Waals surface area contributed by atoms with Gasteiger partial charge in [0.1, 0.15) is 11.6 Å². The number of anilines is 1. The minimum absolute atomic E-state index is 0.168. The van der Waals surface area contributed by atoms with Crippen molar-refractivity contribution in [3.05, 3.63) is 106 Å². The highest BCUT2D eigenvalue weighted by Crippen LogP contribution is 2.32. The Morgan fingerprint density at radius 3 is 2.51 bits per heavy atom. The van der Waals surface area contributed by atoms with Crippen molar-refractivity contribution in [2.24, 2.45) is 0 Å². The molecule has 0 aromatic heterocycles. The molecule has 0 aliphatic heterocycles. The number of rotatable bonds is 7. The van der Waals surface area contributed by atoms with Crippen LogP contribution in [0.5, 0.6) is 11.5 Å². The van der Waals surface area contributed by atoms with E-state index < -0.39 is 11.9 Å². The van der Waals surface area contributed by atoms with E-state index in [9.17, 15) is 14.9 Å². The third-order valence-electron chi connectivity index (χ3n) is 5.36. The lowest BCUT2D eigenvalue weighted by molar-refractivity contribution is -0.112. The summed E-state index contributed by atoms with van der Waals surface area (Å²) in [5.74, 6) is -0.682. The molecule has 8 heteroatoms. The van der Waals surface area contributed by atoms with E-state index in [0.717, 1.165) is 10.8 Å². The zero-order valence-electron chi connectivity index (χ0n) is 19.6. The Bertz CT molecular complexity index is 1570. The van der Waals surface area contributed by atoms with E-state index in [1.54, 1.807) is 55.5 Å². The summed E-state index contributed by atoms with van der Waals surface area (Å²) in [7, 11) is 0. The van der Waals surface area contributed by atoms with Gasteiger partial charge in [-0.25, -0.2) is 4.79 Å². The number of carbonyl (C=O) groups is 2. The fourth-order valence-electron chi connectivity index (χ4n) is 3.63. The summed E-state index contributed by atoms with van der Waals surface area (Å²) in [5.41, 5.74) is 1.04. The van der Waals surface area contributed by atoms with Crippen molar-refractivity contribution in [1.29, 1.82) is 5.26 Å². The Balaban J connectivity index is 1.59. The topological polar surface area (TPSA) is 88.4 Å². The van der Waals surface area contributed by atoms with Gasteiger partial charge in [-0.1, -0.05) is 71.7 Å². The number of esters is 1. The molecule has 0 unspecified atom stereocenters. The molecule has 1 N–H and O–H groups in total. The summed E-state index contributed by atoms with van der Waals surface area (Å²) < 4.78 is 11.4. The molecule has 0 heterocycles. The number of benzene rings is 4. The number of hydrogen-bond donors (Lipinski definition) is 1. The van der Waals surface area contributed by atoms with Gasteiger partial charge in [-0.15, -0.1) is 0 Å². The summed E-state index contributed by atoms with van der Waals surface area (Å²) >= 11 is 12.1. The molecule has 184 valence electrons. The Morgan fingerprint density at radius 1 is 0.973 bits per heavy atom. The molecule has 0 saturated carbocycles. The first-order chi connectivity index (χ1) is 17.9. The second kappa shape index (κ2) is 11.6. The maximum absolute atomic E-state index is 13.0. The minimum Gasteiger partial charge on any atom is -0.490 e. The van der Waals surface area contributed by atoms with Gasteiger partial charge in [0.05, 0.1) is 27.9 Å². The van der Waals surface area contributed by atoms with E-state index >= 15 is 0 Å². The number of halogens is 2. The molecule has 0 radical (unpaired) electrons. The lowest BCUT2D eigenvalue weighted by Crippen LogP contribution is -2.14. The largest absolute Gasteiger partial charge is 0.490 e. The lowest BCUT2D eigenvalue weighted by Gasteiger charge is -2.13. The second-order valence-electron chi connectivity index (χ2n) is 7.78. The van der Waals surface area contributed by atoms with Crippen molar-refractivity contribution in [3.63, 3.8) is 0 Å². The number of carbonyl (C=O) groups excluding carboxylic acids is 2. The van der Waals surface area contributed by atoms with E-state index in [1.807, 2.05) is 36.4 Å². The van der Waals surface area contributed by atoms with Crippen molar-refractivity contribution in [1.82, 2.24) is 0 Å². The molecule has 4 aromatic carbocycles. The van der Waals surface area contributed by atoms with Crippen LogP contribution >= 0.6 is 23.2 Å². The van der Waals surface area contributed by atoms with Crippen LogP contribution in [0.15, 0.2) is 84.4 Å². The molecule has 4 aromatic rings. The van der Waals surface area contributed by atoms with Gasteiger partial charge in [-0.05, 0) is 59.7 Å². The Labute approximate surface area is 223 Å². The van der Waals surface area contributed by atoms with E-state index in [2.05, 4.69) is 5.32 Å². The van der Waals surface area contributed by atoms with Crippen molar-refractivity contribution >= 4 is 57.6 Å². The molecule has 1 amide bonds. The molecule has 4 rings (SSSR count). The predicted molar refractivity (Wildman–Crippen MR) is 145 cm³/mol. The van der Waals surface area contributed by atoms with Crippen LogP contribution in [-0.4, -0.2) is 18.5 Å². The highest BCUT2D eigenvalue weighted by Gasteiger charge is 2.17. The minimum atomic E-state index is -0.656. The van der Waals surface area contributed by atoms with Gasteiger partial charge in [0.2, 0.25) is 0 Å². The maximum Gasteiger partial charge on any atom is 0.344 e. The number of amides is 1. The summed E-state index contributed by atoms with van der Waals surface area (Å²) in [4.78, 5) is 25.7. The molecule has 0 aliphatic rings. The van der Waals surface area contributed by atoms with Gasteiger partial charge < -0.3 is 14.8 Å². The van der Waals surface area contributed by atoms with E-state index in [1.165, 1.54) is 6.08 Å². The van der Waals surface area contributed by atoms with Crippen molar-refractivity contribution in [3.8, 4) is 17.6 Å². The smallest absolute Gasteiger partial charge is 0.344 e. The van der Waals surface area contributed by atoms with Gasteiger partial charge in [0.15, 0.2) is 11.5 Å². The summed E-state index contributed by atoms with van der Waals surface area (Å²) in [6.45, 7) is 2.10. The van der Waals surface area contributed by atoms with Crippen LogP contribution in [0, 0.1) is 11.3 Å². The zero-order chi connectivity index (χ0) is 26.4. The molecule has 0 bridgehead atoms. The molecule has 6 nitrogen and oxygen atoms in total. The molecular weight excluding hydrogens is 511 g/mol. The molecule has 37 heavy (non-hydrogen) atoms. The molecule has 0 aliphatic carbocycles. The van der Waals surface area contributed by atoms with Gasteiger partial charge in [-0.3, -0.25) is 4.79 Å². The van der Waals surface area contributed by atoms with Gasteiger partial charge in [-0.2, -0.15) is 5.26 Å². The number of nitrogens with zero attached hydrogens (tertiary/aromatic N) is 1. The van der Waals surface area contributed by atoms with E-state index in [-0.39, 0.29) is 27.1 Å². The SMILES string of the molecule is CCOc1cc(/C=C(\C#N)C(=O)Nc2cccc(Cl)c2Cl)ccc1OC(=O)c1cccc2ccccc12. The molecule has 0 saturated heterocycles. The number of nitriles is 1. The first-order valence-corrected chi connectivity index (χ1v) is 12.0. The van der Waals surface area contributed by atoms with Gasteiger partial charge in [0.25, 0.3) is 5.91 Å². The van der Waals surface area contributed by atoms with Crippen LogP contribution in [0.4, 0.5) is 5.69 Å². The normalized spacial score (nSPS) is 11.0. The van der Waals surface area contributed by atoms with Gasteiger partial charge in [0, 0.05) is 0 Å². The second-order valence-corrected chi connectivity index (χ2v) is 8.57. The van der Waals surface area contributed by atoms with Crippen LogP contribution in [-0.2, 0) is 4.79 Å². The van der Waals surface area contributed by atoms with E-state index in [4.69, 9.17) is 32.7 Å². The molecule has 0 spiro atoms. The van der Waals surface area contributed by atoms with Crippen LogP contribution in [0.25, 0.3) is 16.8 Å². The van der Waals surface area contributed by atoms with Crippen LogP contribution in [0.2, 0.25) is 10.0 Å². The number of hydrogen-bond acceptors (Lipinski definition) is 5. The molecular formula is C29H20Cl2N2O4. The summed E-state index contributed by atoms with van der Waals surface area (Å²) in [5, 5.41) is 14.3. The Morgan fingerprint density at radius 2 is 1.73 bits per heavy atom. The fraction of sp³-hybridized carbons (Fsp3) is 0.0690. The van der Waals surface area contributed by atoms with E-state index in [0.29, 0.717) is 23.5 Å². The maximum atomic E-state index is 13.0. The van der Waals surface area contributed by atoms with Crippen molar-refractivity contribution < 1.29 is 19.1 Å². The van der Waals surface area contributed by atoms with Crippen molar-refractivity contribution in [2.75, 3.05) is 11.9 Å². The lowest BCUT2D eigenvalue weighted by atomic mass is 10.0. The fourth-order valence-corrected chi connectivity index (χ4v) is 3.98. The quantitative estimate of drug-likeness (QED) is 0.117. The zero-order valence-corrected chi connectivity index (χ0v) is 21.1. The predicted octanol–water partition coefficient (Wildman–Crippen LogP) is 7.31. The first kappa shape index (κ1) is 25.8. The highest BCUT2D eigenvalue weighted by molar-refractivity contribution is 6.44.